The molecule has 7 nitrogen and oxygen atoms in total. The number of benzene rings is 3. The van der Waals surface area contributed by atoms with Gasteiger partial charge in [0, 0.05) is 36.6 Å². The number of likely N-dealkylation sites (N-methyl/N-ethyl adjacent to an activating group) is 1. The second-order valence-corrected chi connectivity index (χ2v) is 11.1. The minimum absolute atomic E-state index is 0.263. The van der Waals surface area contributed by atoms with Crippen LogP contribution in [0.25, 0.3) is 32.8 Å². The van der Waals surface area contributed by atoms with E-state index in [1.807, 2.05) is 30.3 Å². The monoisotopic (exact) mass is 509 g/mol. The van der Waals surface area contributed by atoms with Crippen molar-refractivity contribution in [2.75, 3.05) is 37.7 Å². The van der Waals surface area contributed by atoms with Crippen molar-refractivity contribution >= 4 is 27.5 Å². The molecule has 1 aromatic heterocycles. The number of rotatable bonds is 6. The Morgan fingerprint density at radius 3 is 2.66 bits per heavy atom. The zero-order chi connectivity index (χ0) is 25.6. The summed E-state index contributed by atoms with van der Waals surface area (Å²) in [6.45, 7) is 6.92. The van der Waals surface area contributed by atoms with Crippen molar-refractivity contribution in [3.05, 3.63) is 54.6 Å². The van der Waals surface area contributed by atoms with Gasteiger partial charge in [-0.25, -0.2) is 0 Å². The van der Waals surface area contributed by atoms with Crippen LogP contribution in [0.15, 0.2) is 54.6 Å². The van der Waals surface area contributed by atoms with Crippen LogP contribution in [0.4, 0.5) is 5.82 Å². The van der Waals surface area contributed by atoms with Crippen LogP contribution < -0.4 is 15.0 Å². The number of hydrogen-bond donors (Lipinski definition) is 2. The maximum absolute atomic E-state index is 10.5. The van der Waals surface area contributed by atoms with Crippen molar-refractivity contribution in [2.24, 2.45) is 0 Å². The highest BCUT2D eigenvalue weighted by molar-refractivity contribution is 6.00. The largest absolute Gasteiger partial charge is 0.508 e. The summed E-state index contributed by atoms with van der Waals surface area (Å²) in [4.78, 5) is 14.8. The van der Waals surface area contributed by atoms with Gasteiger partial charge < -0.3 is 20.1 Å². The highest BCUT2D eigenvalue weighted by atomic mass is 16.5. The highest BCUT2D eigenvalue weighted by Crippen LogP contribution is 2.37. The van der Waals surface area contributed by atoms with Crippen molar-refractivity contribution in [1.82, 2.24) is 20.2 Å². The second kappa shape index (κ2) is 9.71. The first-order chi connectivity index (χ1) is 18.6. The molecule has 196 valence electrons. The van der Waals surface area contributed by atoms with Gasteiger partial charge in [0.25, 0.3) is 0 Å². The quantitative estimate of drug-likeness (QED) is 0.381. The smallest absolute Gasteiger partial charge is 0.319 e. The van der Waals surface area contributed by atoms with E-state index in [1.165, 1.54) is 19.3 Å². The standard InChI is InChI=1S/C31H35N5O2/c1-2-35-13-5-7-24(35)19-38-31-33-29-15-21(28-16-25(37)14-20-6-3-4-8-26(20)28)9-12-27(29)30(34-31)36-17-22-10-11-23(18-36)32-22/h3-4,6,8-9,12,14-16,22-24,32,37H,2,5,7,10-11,13,17-19H2,1H3/t22-,23+,24-/m0/s1. The summed E-state index contributed by atoms with van der Waals surface area (Å²) in [6, 6.07) is 20.1. The van der Waals surface area contributed by atoms with E-state index in [9.17, 15) is 5.11 Å². The summed E-state index contributed by atoms with van der Waals surface area (Å²) in [7, 11) is 0. The van der Waals surface area contributed by atoms with E-state index >= 15 is 0 Å². The van der Waals surface area contributed by atoms with Crippen LogP contribution in [-0.2, 0) is 0 Å². The predicted molar refractivity (Wildman–Crippen MR) is 152 cm³/mol. The summed E-state index contributed by atoms with van der Waals surface area (Å²) < 4.78 is 6.32. The van der Waals surface area contributed by atoms with Gasteiger partial charge in [0.05, 0.1) is 5.52 Å². The Kier molecular flexibility index (Phi) is 6.05. The number of likely N-dealkylation sites (tertiary alicyclic amines) is 1. The lowest BCUT2D eigenvalue weighted by Gasteiger charge is -2.34. The number of piperazine rings is 1. The molecular formula is C31H35N5O2. The van der Waals surface area contributed by atoms with E-state index in [0.29, 0.717) is 30.7 Å². The molecule has 3 aliphatic rings. The molecule has 3 aliphatic heterocycles. The van der Waals surface area contributed by atoms with E-state index in [2.05, 4.69) is 46.3 Å². The van der Waals surface area contributed by atoms with Crippen molar-refractivity contribution < 1.29 is 9.84 Å². The van der Waals surface area contributed by atoms with Gasteiger partial charge in [-0.2, -0.15) is 9.97 Å². The van der Waals surface area contributed by atoms with Crippen LogP contribution in [0.3, 0.4) is 0 Å². The van der Waals surface area contributed by atoms with Crippen molar-refractivity contribution in [2.45, 2.75) is 50.7 Å². The van der Waals surface area contributed by atoms with Crippen LogP contribution in [0.5, 0.6) is 11.8 Å². The molecule has 0 amide bonds. The molecule has 3 saturated heterocycles. The fraction of sp³-hybridized carbons (Fsp3) is 0.419. The molecule has 2 N–H and O–H groups in total. The molecule has 38 heavy (non-hydrogen) atoms. The maximum atomic E-state index is 10.5. The van der Waals surface area contributed by atoms with Gasteiger partial charge in [0.15, 0.2) is 0 Å². The van der Waals surface area contributed by atoms with E-state index < -0.39 is 0 Å². The Labute approximate surface area is 223 Å². The average molecular weight is 510 g/mol. The third-order valence-electron chi connectivity index (χ3n) is 8.64. The van der Waals surface area contributed by atoms with Crippen molar-refractivity contribution in [3.8, 4) is 22.9 Å². The Balaban J connectivity index is 1.30. The summed E-state index contributed by atoms with van der Waals surface area (Å²) in [5.41, 5.74) is 2.89. The van der Waals surface area contributed by atoms with Gasteiger partial charge in [0.2, 0.25) is 0 Å². The molecule has 4 aromatic rings. The molecule has 0 saturated carbocycles. The zero-order valence-electron chi connectivity index (χ0n) is 21.9. The average Bonchev–Trinajstić information content (AvgIpc) is 3.55. The SMILES string of the molecule is CCN1CCC[C@H]1COc1nc(N2C[C@H]3CC[C@@H](C2)N3)c2ccc(-c3cc(O)cc4ccccc34)cc2n1. The number of ether oxygens (including phenoxy) is 1. The third kappa shape index (κ3) is 4.33. The second-order valence-electron chi connectivity index (χ2n) is 11.1. The van der Waals surface area contributed by atoms with Gasteiger partial charge >= 0.3 is 6.01 Å². The van der Waals surface area contributed by atoms with Crippen molar-refractivity contribution in [1.29, 1.82) is 0 Å². The number of aromatic nitrogens is 2. The molecule has 3 aromatic carbocycles. The van der Waals surface area contributed by atoms with E-state index in [4.69, 9.17) is 14.7 Å². The first kappa shape index (κ1) is 23.7. The molecule has 0 spiro atoms. The molecule has 3 fully saturated rings. The van der Waals surface area contributed by atoms with Crippen molar-refractivity contribution in [3.63, 3.8) is 0 Å². The molecule has 7 rings (SSSR count). The van der Waals surface area contributed by atoms with E-state index in [0.717, 1.165) is 71.2 Å². The Morgan fingerprint density at radius 1 is 0.974 bits per heavy atom. The fourth-order valence-electron chi connectivity index (χ4n) is 6.74. The summed E-state index contributed by atoms with van der Waals surface area (Å²) in [5, 5.41) is 17.4. The maximum Gasteiger partial charge on any atom is 0.319 e. The summed E-state index contributed by atoms with van der Waals surface area (Å²) in [5.74, 6) is 1.23. The molecule has 3 atom stereocenters. The number of hydrogen-bond acceptors (Lipinski definition) is 7. The highest BCUT2D eigenvalue weighted by Gasteiger charge is 2.34. The van der Waals surface area contributed by atoms with E-state index in [1.54, 1.807) is 0 Å². The molecule has 7 heteroatoms. The lowest BCUT2D eigenvalue weighted by atomic mass is 9.97. The number of phenols is 1. The topological polar surface area (TPSA) is 73.8 Å². The normalized spacial score (nSPS) is 23.5. The Morgan fingerprint density at radius 2 is 1.82 bits per heavy atom. The van der Waals surface area contributed by atoms with Crippen LogP contribution in [0.1, 0.15) is 32.6 Å². The minimum Gasteiger partial charge on any atom is -0.508 e. The predicted octanol–water partition coefficient (Wildman–Crippen LogP) is 4.96. The van der Waals surface area contributed by atoms with Gasteiger partial charge in [-0.05, 0) is 84.9 Å². The molecule has 0 unspecified atom stereocenters. The Bertz CT molecular complexity index is 1480. The number of aromatic hydroxyl groups is 1. The van der Waals surface area contributed by atoms with Gasteiger partial charge in [-0.1, -0.05) is 37.3 Å². The van der Waals surface area contributed by atoms with Gasteiger partial charge in [-0.15, -0.1) is 0 Å². The number of anilines is 1. The minimum atomic E-state index is 0.263. The number of nitrogens with zero attached hydrogens (tertiary/aromatic N) is 4. The molecule has 0 radical (unpaired) electrons. The molecule has 2 bridgehead atoms. The van der Waals surface area contributed by atoms with Gasteiger partial charge in [0.1, 0.15) is 18.2 Å². The van der Waals surface area contributed by atoms with Gasteiger partial charge in [-0.3, -0.25) is 4.90 Å². The van der Waals surface area contributed by atoms with Crippen LogP contribution in [0, 0.1) is 0 Å². The zero-order valence-corrected chi connectivity index (χ0v) is 21.9. The van der Waals surface area contributed by atoms with E-state index in [-0.39, 0.29) is 5.75 Å². The molecule has 4 heterocycles. The molecular weight excluding hydrogens is 474 g/mol. The van der Waals surface area contributed by atoms with Crippen LogP contribution in [0.2, 0.25) is 0 Å². The number of fused-ring (bicyclic) bond motifs is 4. The molecule has 0 aliphatic carbocycles. The summed E-state index contributed by atoms with van der Waals surface area (Å²) in [6.07, 6.45) is 4.81. The Hall–Kier alpha value is -3.42. The first-order valence-electron chi connectivity index (χ1n) is 14.1. The van der Waals surface area contributed by atoms with Crippen LogP contribution in [-0.4, -0.2) is 70.9 Å². The fourth-order valence-corrected chi connectivity index (χ4v) is 6.74. The number of nitrogens with one attached hydrogen (secondary N) is 1. The number of phenolic OH excluding ortho intramolecular Hbond substituents is 1. The first-order valence-corrected chi connectivity index (χ1v) is 14.1. The lowest BCUT2D eigenvalue weighted by molar-refractivity contribution is 0.170. The van der Waals surface area contributed by atoms with Crippen LogP contribution >= 0.6 is 0 Å². The lowest BCUT2D eigenvalue weighted by Crippen LogP contribution is -2.51. The summed E-state index contributed by atoms with van der Waals surface area (Å²) >= 11 is 0. The third-order valence-corrected chi connectivity index (χ3v) is 8.64.